The third kappa shape index (κ3) is 2.57. The van der Waals surface area contributed by atoms with Crippen molar-refractivity contribution in [1.29, 1.82) is 0 Å². The van der Waals surface area contributed by atoms with E-state index in [4.69, 9.17) is 5.11 Å². The normalized spacial score (nSPS) is 22.1. The maximum atomic E-state index is 14.0. The highest BCUT2D eigenvalue weighted by Gasteiger charge is 2.47. The van der Waals surface area contributed by atoms with E-state index in [0.29, 0.717) is 5.56 Å². The average molecular weight is 344 g/mol. The molecule has 20 heavy (non-hydrogen) atoms. The standard InChI is InChI=1S/C14H15BrFNO3/c1-8-6-11(15)9(2)5-10(8)12(18)17-4-3-14(16,7-17)13(19)20/h5-6H,3-4,7H2,1-2H3,(H,19,20). The summed E-state index contributed by atoms with van der Waals surface area (Å²) in [4.78, 5) is 24.5. The molecular formula is C14H15BrFNO3. The van der Waals surface area contributed by atoms with Gasteiger partial charge in [-0.05, 0) is 37.1 Å². The first kappa shape index (κ1) is 15.0. The zero-order valence-electron chi connectivity index (χ0n) is 11.2. The Hall–Kier alpha value is -1.43. The molecule has 4 nitrogen and oxygen atoms in total. The monoisotopic (exact) mass is 343 g/mol. The molecule has 1 unspecified atom stereocenters. The van der Waals surface area contributed by atoms with Crippen LogP contribution in [0, 0.1) is 13.8 Å². The Morgan fingerprint density at radius 2 is 2.00 bits per heavy atom. The number of nitrogens with zero attached hydrogens (tertiary/aromatic N) is 1. The van der Waals surface area contributed by atoms with Crippen LogP contribution in [0.15, 0.2) is 16.6 Å². The molecule has 1 N–H and O–H groups in total. The number of likely N-dealkylation sites (tertiary alicyclic amines) is 1. The lowest BCUT2D eigenvalue weighted by atomic mass is 10.0. The van der Waals surface area contributed by atoms with E-state index in [-0.39, 0.29) is 18.9 Å². The van der Waals surface area contributed by atoms with Crippen molar-refractivity contribution in [3.8, 4) is 0 Å². The molecule has 1 aromatic rings. The first-order valence-corrected chi connectivity index (χ1v) is 7.02. The molecule has 1 aromatic carbocycles. The van der Waals surface area contributed by atoms with Gasteiger partial charge in [-0.15, -0.1) is 0 Å². The van der Waals surface area contributed by atoms with Crippen molar-refractivity contribution < 1.29 is 19.1 Å². The van der Waals surface area contributed by atoms with Crippen molar-refractivity contribution in [3.63, 3.8) is 0 Å². The zero-order chi connectivity index (χ0) is 15.1. The van der Waals surface area contributed by atoms with Crippen molar-refractivity contribution in [2.75, 3.05) is 13.1 Å². The summed E-state index contributed by atoms with van der Waals surface area (Å²) >= 11 is 3.39. The summed E-state index contributed by atoms with van der Waals surface area (Å²) in [6, 6.07) is 3.57. The Balaban J connectivity index is 2.26. The van der Waals surface area contributed by atoms with Gasteiger partial charge in [0.2, 0.25) is 5.67 Å². The largest absolute Gasteiger partial charge is 0.479 e. The van der Waals surface area contributed by atoms with Gasteiger partial charge in [-0.3, -0.25) is 4.79 Å². The summed E-state index contributed by atoms with van der Waals surface area (Å²) in [5.41, 5.74) is -0.157. The number of carboxylic acids is 1. The van der Waals surface area contributed by atoms with Gasteiger partial charge in [-0.25, -0.2) is 9.18 Å². The van der Waals surface area contributed by atoms with Gasteiger partial charge in [0.05, 0.1) is 6.54 Å². The summed E-state index contributed by atoms with van der Waals surface area (Å²) < 4.78 is 14.9. The second kappa shape index (κ2) is 5.16. The average Bonchev–Trinajstić information content (AvgIpc) is 2.77. The fourth-order valence-electron chi connectivity index (χ4n) is 2.30. The van der Waals surface area contributed by atoms with Crippen LogP contribution in [0.3, 0.4) is 0 Å². The zero-order valence-corrected chi connectivity index (χ0v) is 12.8. The van der Waals surface area contributed by atoms with Crippen LogP contribution in [0.2, 0.25) is 0 Å². The quantitative estimate of drug-likeness (QED) is 0.898. The van der Waals surface area contributed by atoms with Crippen LogP contribution in [-0.4, -0.2) is 40.6 Å². The summed E-state index contributed by atoms with van der Waals surface area (Å²) in [7, 11) is 0. The number of carbonyl (C=O) groups excluding carboxylic acids is 1. The minimum atomic E-state index is -2.33. The highest BCUT2D eigenvalue weighted by atomic mass is 79.9. The Morgan fingerprint density at radius 3 is 2.55 bits per heavy atom. The van der Waals surface area contributed by atoms with Gasteiger partial charge >= 0.3 is 5.97 Å². The van der Waals surface area contributed by atoms with Crippen LogP contribution >= 0.6 is 15.9 Å². The van der Waals surface area contributed by atoms with Crippen molar-refractivity contribution in [1.82, 2.24) is 4.90 Å². The summed E-state index contributed by atoms with van der Waals surface area (Å²) in [5.74, 6) is -1.82. The second-order valence-electron chi connectivity index (χ2n) is 5.16. The molecule has 2 rings (SSSR count). The van der Waals surface area contributed by atoms with E-state index < -0.39 is 18.2 Å². The molecule has 6 heteroatoms. The van der Waals surface area contributed by atoms with Crippen molar-refractivity contribution in [3.05, 3.63) is 33.3 Å². The summed E-state index contributed by atoms with van der Waals surface area (Å²) in [5, 5.41) is 8.86. The second-order valence-corrected chi connectivity index (χ2v) is 6.02. The van der Waals surface area contributed by atoms with Crippen LogP contribution in [0.1, 0.15) is 27.9 Å². The number of benzene rings is 1. The van der Waals surface area contributed by atoms with Gasteiger partial charge in [-0.2, -0.15) is 0 Å². The Morgan fingerprint density at radius 1 is 1.35 bits per heavy atom. The number of alkyl halides is 1. The van der Waals surface area contributed by atoms with Crippen molar-refractivity contribution in [2.45, 2.75) is 25.9 Å². The molecule has 1 fully saturated rings. The predicted molar refractivity (Wildman–Crippen MR) is 75.6 cm³/mol. The number of carboxylic acid groups (broad SMARTS) is 1. The SMILES string of the molecule is Cc1cc(C(=O)N2CCC(F)(C(=O)O)C2)c(C)cc1Br. The van der Waals surface area contributed by atoms with Gasteiger partial charge in [0.1, 0.15) is 0 Å². The molecule has 0 aromatic heterocycles. The van der Waals surface area contributed by atoms with E-state index in [1.54, 1.807) is 13.0 Å². The van der Waals surface area contributed by atoms with Gasteiger partial charge < -0.3 is 10.0 Å². The molecule has 1 heterocycles. The van der Waals surface area contributed by atoms with Crippen LogP contribution in [0.25, 0.3) is 0 Å². The maximum absolute atomic E-state index is 14.0. The number of hydrogen-bond acceptors (Lipinski definition) is 2. The molecule has 1 amide bonds. The minimum Gasteiger partial charge on any atom is -0.479 e. The molecule has 0 bridgehead atoms. The number of amides is 1. The van der Waals surface area contributed by atoms with Gasteiger partial charge in [0, 0.05) is 23.0 Å². The van der Waals surface area contributed by atoms with E-state index in [9.17, 15) is 14.0 Å². The smallest absolute Gasteiger partial charge is 0.343 e. The lowest BCUT2D eigenvalue weighted by Gasteiger charge is -2.19. The molecule has 1 aliphatic heterocycles. The number of aliphatic carboxylic acids is 1. The van der Waals surface area contributed by atoms with E-state index in [1.165, 1.54) is 4.90 Å². The maximum Gasteiger partial charge on any atom is 0.343 e. The topological polar surface area (TPSA) is 57.6 Å². The van der Waals surface area contributed by atoms with Crippen molar-refractivity contribution in [2.24, 2.45) is 0 Å². The molecule has 108 valence electrons. The Labute approximate surface area is 124 Å². The first-order chi connectivity index (χ1) is 9.24. The Kier molecular flexibility index (Phi) is 3.86. The summed E-state index contributed by atoms with van der Waals surface area (Å²) in [6.07, 6.45) is -0.164. The number of halogens is 2. The predicted octanol–water partition coefficient (Wildman–Crippen LogP) is 2.70. The third-order valence-corrected chi connectivity index (χ3v) is 4.48. The molecule has 1 atom stereocenters. The van der Waals surface area contributed by atoms with Gasteiger partial charge in [0.15, 0.2) is 0 Å². The molecule has 1 saturated heterocycles. The van der Waals surface area contributed by atoms with E-state index in [1.807, 2.05) is 13.0 Å². The molecule has 0 radical (unpaired) electrons. The minimum absolute atomic E-state index is 0.121. The van der Waals surface area contributed by atoms with E-state index in [2.05, 4.69) is 15.9 Å². The van der Waals surface area contributed by atoms with Crippen LogP contribution in [0.4, 0.5) is 4.39 Å². The Bertz CT molecular complexity index is 590. The van der Waals surface area contributed by atoms with E-state index >= 15 is 0 Å². The highest BCUT2D eigenvalue weighted by Crippen LogP contribution is 2.29. The van der Waals surface area contributed by atoms with Gasteiger partial charge in [0.25, 0.3) is 5.91 Å². The van der Waals surface area contributed by atoms with Crippen LogP contribution in [0.5, 0.6) is 0 Å². The third-order valence-electron chi connectivity index (χ3n) is 3.63. The molecule has 0 saturated carbocycles. The number of carbonyl (C=O) groups is 2. The lowest BCUT2D eigenvalue weighted by molar-refractivity contribution is -0.149. The van der Waals surface area contributed by atoms with Gasteiger partial charge in [-0.1, -0.05) is 15.9 Å². The molecule has 1 aliphatic rings. The molecule has 0 aliphatic carbocycles. The molecule has 0 spiro atoms. The lowest BCUT2D eigenvalue weighted by Crippen LogP contribution is -2.39. The number of hydrogen-bond donors (Lipinski definition) is 1. The highest BCUT2D eigenvalue weighted by molar-refractivity contribution is 9.10. The molecular weight excluding hydrogens is 329 g/mol. The fraction of sp³-hybridized carbons (Fsp3) is 0.429. The fourth-order valence-corrected chi connectivity index (χ4v) is 2.76. The number of aryl methyl sites for hydroxylation is 2. The van der Waals surface area contributed by atoms with Crippen molar-refractivity contribution >= 4 is 27.8 Å². The first-order valence-electron chi connectivity index (χ1n) is 6.23. The number of rotatable bonds is 2. The van der Waals surface area contributed by atoms with E-state index in [0.717, 1.165) is 15.6 Å². The summed E-state index contributed by atoms with van der Waals surface area (Å²) in [6.45, 7) is 3.39. The van der Waals surface area contributed by atoms with Crippen LogP contribution in [-0.2, 0) is 4.79 Å². The van der Waals surface area contributed by atoms with Crippen LogP contribution < -0.4 is 0 Å².